The van der Waals surface area contributed by atoms with Gasteiger partial charge in [0.15, 0.2) is 5.57 Å². The lowest BCUT2D eigenvalue weighted by Crippen LogP contribution is -2.16. The van der Waals surface area contributed by atoms with Crippen molar-refractivity contribution < 1.29 is 0 Å². The maximum atomic E-state index is 8.60. The molecule has 0 atom stereocenters. The minimum Gasteiger partial charge on any atom is -0.254 e. The molecule has 5 heteroatoms. The highest BCUT2D eigenvalue weighted by molar-refractivity contribution is 5.73. The molecule has 0 aliphatic heterocycles. The summed E-state index contributed by atoms with van der Waals surface area (Å²) in [6.07, 6.45) is 1.28. The summed E-state index contributed by atoms with van der Waals surface area (Å²) in [4.78, 5) is 3.83. The Morgan fingerprint density at radius 1 is 0.875 bits per heavy atom. The van der Waals surface area contributed by atoms with Crippen molar-refractivity contribution in [3.8, 4) is 24.3 Å². The second kappa shape index (κ2) is 4.91. The van der Waals surface area contributed by atoms with Crippen LogP contribution in [0.25, 0.3) is 11.1 Å². The second-order valence-corrected chi connectivity index (χ2v) is 2.63. The first kappa shape index (κ1) is 10.9. The lowest BCUT2D eigenvalue weighted by atomic mass is 10.2. The van der Waals surface area contributed by atoms with Crippen LogP contribution in [0.3, 0.4) is 0 Å². The van der Waals surface area contributed by atoms with Crippen molar-refractivity contribution in [2.45, 2.75) is 0 Å². The van der Waals surface area contributed by atoms with Gasteiger partial charge in [-0.2, -0.15) is 21.0 Å². The van der Waals surface area contributed by atoms with Gasteiger partial charge in [0.1, 0.15) is 29.8 Å². The van der Waals surface area contributed by atoms with Crippen LogP contribution in [0.2, 0.25) is 0 Å². The van der Waals surface area contributed by atoms with Crippen LogP contribution in [-0.4, -0.2) is 4.98 Å². The molecular weight excluding hydrogens is 202 g/mol. The van der Waals surface area contributed by atoms with Crippen LogP contribution < -0.4 is 10.6 Å². The van der Waals surface area contributed by atoms with E-state index in [2.05, 4.69) is 4.98 Å². The van der Waals surface area contributed by atoms with Gasteiger partial charge in [-0.05, 0) is 12.1 Å². The molecule has 16 heavy (non-hydrogen) atoms. The van der Waals surface area contributed by atoms with Crippen molar-refractivity contribution in [2.24, 2.45) is 0 Å². The summed E-state index contributed by atoms with van der Waals surface area (Å²) in [6.45, 7) is 0. The number of hydrogen-bond acceptors (Lipinski definition) is 5. The molecule has 0 N–H and O–H groups in total. The first-order chi connectivity index (χ1) is 7.76. The molecule has 0 aliphatic carbocycles. The van der Waals surface area contributed by atoms with Crippen LogP contribution in [0.4, 0.5) is 0 Å². The smallest absolute Gasteiger partial charge is 0.155 e. The Kier molecular flexibility index (Phi) is 3.36. The van der Waals surface area contributed by atoms with E-state index in [1.807, 2.05) is 0 Å². The maximum Gasteiger partial charge on any atom is 0.155 e. The summed E-state index contributed by atoms with van der Waals surface area (Å²) in [5.74, 6) is 0. The lowest BCUT2D eigenvalue weighted by molar-refractivity contribution is 1.22. The van der Waals surface area contributed by atoms with Gasteiger partial charge in [-0.3, -0.25) is 4.98 Å². The summed E-state index contributed by atoms with van der Waals surface area (Å²) >= 11 is 0. The second-order valence-electron chi connectivity index (χ2n) is 2.63. The fraction of sp³-hybridized carbons (Fsp3) is 0. The number of nitrogens with zero attached hydrogens (tertiary/aromatic N) is 5. The van der Waals surface area contributed by atoms with Gasteiger partial charge in [-0.1, -0.05) is 0 Å². The van der Waals surface area contributed by atoms with Crippen LogP contribution >= 0.6 is 0 Å². The number of rotatable bonds is 0. The molecule has 1 aromatic rings. The van der Waals surface area contributed by atoms with Crippen molar-refractivity contribution in [2.75, 3.05) is 0 Å². The van der Waals surface area contributed by atoms with E-state index in [9.17, 15) is 0 Å². The Morgan fingerprint density at radius 3 is 1.81 bits per heavy atom. The summed E-state index contributed by atoms with van der Waals surface area (Å²) in [6, 6.07) is 9.74. The summed E-state index contributed by atoms with van der Waals surface area (Å²) < 4.78 is 0. The van der Waals surface area contributed by atoms with Crippen molar-refractivity contribution >= 4 is 11.1 Å². The number of aromatic nitrogens is 1. The minimum absolute atomic E-state index is 0.0606. The maximum absolute atomic E-state index is 8.60. The third-order valence-corrected chi connectivity index (χ3v) is 1.76. The van der Waals surface area contributed by atoms with Crippen LogP contribution in [0.1, 0.15) is 0 Å². The SMILES string of the molecule is N#CC(C#N)=c1ccc(=C(C#N)C#N)nc1. The molecule has 0 bridgehead atoms. The first-order valence-electron chi connectivity index (χ1n) is 4.08. The first-order valence-corrected chi connectivity index (χ1v) is 4.08. The Labute approximate surface area is 91.0 Å². The normalized spacial score (nSPS) is 7.75. The molecular formula is C11H3N5. The Bertz CT molecular complexity index is 583. The van der Waals surface area contributed by atoms with Crippen LogP contribution in [-0.2, 0) is 0 Å². The van der Waals surface area contributed by atoms with Crippen LogP contribution in [0.5, 0.6) is 0 Å². The molecule has 1 aromatic heterocycles. The molecule has 72 valence electrons. The van der Waals surface area contributed by atoms with Gasteiger partial charge in [0.05, 0.1) is 5.35 Å². The van der Waals surface area contributed by atoms with E-state index >= 15 is 0 Å². The summed E-state index contributed by atoms with van der Waals surface area (Å²) in [5, 5.41) is 35.0. The average molecular weight is 205 g/mol. The molecule has 0 aromatic carbocycles. The monoisotopic (exact) mass is 205 g/mol. The van der Waals surface area contributed by atoms with Gasteiger partial charge in [-0.15, -0.1) is 0 Å². The summed E-state index contributed by atoms with van der Waals surface area (Å²) in [7, 11) is 0. The molecule has 0 radical (unpaired) electrons. The van der Waals surface area contributed by atoms with E-state index in [0.29, 0.717) is 5.22 Å². The Balaban J connectivity index is 3.58. The number of nitriles is 4. The third kappa shape index (κ3) is 2.02. The topological polar surface area (TPSA) is 108 Å². The highest BCUT2D eigenvalue weighted by atomic mass is 14.6. The highest BCUT2D eigenvalue weighted by Gasteiger charge is 1.97. The Morgan fingerprint density at radius 2 is 1.44 bits per heavy atom. The molecule has 0 spiro atoms. The molecule has 1 heterocycles. The Hall–Kier alpha value is -3.15. The van der Waals surface area contributed by atoms with E-state index in [1.54, 1.807) is 24.3 Å². The van der Waals surface area contributed by atoms with E-state index in [1.165, 1.54) is 18.3 Å². The number of pyridine rings is 1. The number of hydrogen-bond donors (Lipinski definition) is 0. The standard InChI is InChI=1S/C11H3N5/c12-3-9(4-13)8-1-2-11(16-7-8)10(5-14)6-15/h1-2,7H. The molecule has 0 saturated heterocycles. The van der Waals surface area contributed by atoms with Gasteiger partial charge in [0.25, 0.3) is 0 Å². The lowest BCUT2D eigenvalue weighted by Gasteiger charge is -1.87. The molecule has 0 aliphatic rings. The quantitative estimate of drug-likeness (QED) is 0.566. The molecule has 5 nitrogen and oxygen atoms in total. The van der Waals surface area contributed by atoms with E-state index in [-0.39, 0.29) is 16.5 Å². The fourth-order valence-electron chi connectivity index (χ4n) is 0.983. The van der Waals surface area contributed by atoms with E-state index in [0.717, 1.165) is 0 Å². The predicted octanol–water partition coefficient (Wildman–Crippen LogP) is -0.523. The zero-order chi connectivity index (χ0) is 12.0. The van der Waals surface area contributed by atoms with E-state index < -0.39 is 0 Å². The van der Waals surface area contributed by atoms with Gasteiger partial charge >= 0.3 is 0 Å². The van der Waals surface area contributed by atoms with Crippen molar-refractivity contribution in [1.82, 2.24) is 4.98 Å². The molecule has 0 fully saturated rings. The third-order valence-electron chi connectivity index (χ3n) is 1.76. The van der Waals surface area contributed by atoms with Crippen LogP contribution in [0.15, 0.2) is 18.3 Å². The molecule has 0 saturated carbocycles. The molecule has 1 rings (SSSR count). The zero-order valence-electron chi connectivity index (χ0n) is 7.97. The summed E-state index contributed by atoms with van der Waals surface area (Å²) in [5.41, 5.74) is -0.170. The van der Waals surface area contributed by atoms with Crippen molar-refractivity contribution in [3.63, 3.8) is 0 Å². The van der Waals surface area contributed by atoms with Crippen molar-refractivity contribution in [3.05, 3.63) is 28.9 Å². The van der Waals surface area contributed by atoms with Gasteiger partial charge in [-0.25, -0.2) is 0 Å². The van der Waals surface area contributed by atoms with Crippen LogP contribution in [0, 0.1) is 45.3 Å². The minimum atomic E-state index is -0.109. The molecule has 0 amide bonds. The average Bonchev–Trinajstić information content (AvgIpc) is 2.34. The molecule has 0 unspecified atom stereocenters. The zero-order valence-corrected chi connectivity index (χ0v) is 7.97. The van der Waals surface area contributed by atoms with Gasteiger partial charge < -0.3 is 0 Å². The van der Waals surface area contributed by atoms with E-state index in [4.69, 9.17) is 21.0 Å². The van der Waals surface area contributed by atoms with Gasteiger partial charge in [0.2, 0.25) is 0 Å². The van der Waals surface area contributed by atoms with Gasteiger partial charge in [0, 0.05) is 11.4 Å². The highest BCUT2D eigenvalue weighted by Crippen LogP contribution is 1.86. The predicted molar refractivity (Wildman–Crippen MR) is 52.8 cm³/mol. The van der Waals surface area contributed by atoms with Crippen molar-refractivity contribution in [1.29, 1.82) is 21.0 Å². The largest absolute Gasteiger partial charge is 0.254 e. The fourth-order valence-corrected chi connectivity index (χ4v) is 0.983.